The normalized spacial score (nSPS) is 11.6. The molecule has 0 spiro atoms. The molecule has 11 rings (SSSR count). The van der Waals surface area contributed by atoms with Crippen LogP contribution in [0.1, 0.15) is 22.3 Å². The van der Waals surface area contributed by atoms with Gasteiger partial charge in [0.2, 0.25) is 0 Å². The molecule has 0 aliphatic carbocycles. The van der Waals surface area contributed by atoms with Crippen LogP contribution in [-0.2, 0) is 0 Å². The maximum atomic E-state index is 6.72. The SMILES string of the molecule is Cc1cc(C)cc(-c2nc(-c3cc(C)cc(C)c3)nc(-c3cccc(-c4c5c(cc6c(-c7ccc(-c8ccccc8)cc7)nc7ccccc7c46)oc4ccccc45)c3)n2)c1. The van der Waals surface area contributed by atoms with Crippen molar-refractivity contribution in [1.82, 2.24) is 19.9 Å². The molecule has 0 unspecified atom stereocenters. The number of furan rings is 1. The van der Waals surface area contributed by atoms with E-state index in [0.29, 0.717) is 17.5 Å². The van der Waals surface area contributed by atoms with Crippen LogP contribution in [0.25, 0.3) is 111 Å². The van der Waals surface area contributed by atoms with E-state index in [2.05, 4.69) is 179 Å². The number of nitrogens with zero attached hydrogens (tertiary/aromatic N) is 4. The molecule has 11 aromatic rings. The molecule has 0 saturated heterocycles. The molecular formula is C56H40N4O. The smallest absolute Gasteiger partial charge is 0.164 e. The number of pyridine rings is 1. The van der Waals surface area contributed by atoms with Crippen molar-refractivity contribution < 1.29 is 4.42 Å². The lowest BCUT2D eigenvalue weighted by atomic mass is 9.89. The zero-order valence-electron chi connectivity index (χ0n) is 34.4. The first-order valence-electron chi connectivity index (χ1n) is 20.7. The summed E-state index contributed by atoms with van der Waals surface area (Å²) < 4.78 is 6.72. The molecular weight excluding hydrogens is 745 g/mol. The maximum Gasteiger partial charge on any atom is 0.164 e. The highest BCUT2D eigenvalue weighted by atomic mass is 16.3. The van der Waals surface area contributed by atoms with Crippen LogP contribution < -0.4 is 0 Å². The summed E-state index contributed by atoms with van der Waals surface area (Å²) in [5, 5.41) is 5.33. The molecule has 290 valence electrons. The van der Waals surface area contributed by atoms with Gasteiger partial charge in [-0.3, -0.25) is 0 Å². The van der Waals surface area contributed by atoms with Crippen molar-refractivity contribution in [2.24, 2.45) is 0 Å². The first-order chi connectivity index (χ1) is 29.8. The first-order valence-corrected chi connectivity index (χ1v) is 20.7. The van der Waals surface area contributed by atoms with Gasteiger partial charge in [-0.1, -0.05) is 144 Å². The van der Waals surface area contributed by atoms with Crippen LogP contribution in [0, 0.1) is 27.7 Å². The molecule has 3 heterocycles. The highest BCUT2D eigenvalue weighted by Crippen LogP contribution is 2.47. The van der Waals surface area contributed by atoms with Crippen molar-refractivity contribution in [3.63, 3.8) is 0 Å². The number of benzene rings is 8. The van der Waals surface area contributed by atoms with E-state index in [1.54, 1.807) is 0 Å². The van der Waals surface area contributed by atoms with Gasteiger partial charge in [0.25, 0.3) is 0 Å². The first kappa shape index (κ1) is 36.3. The minimum Gasteiger partial charge on any atom is -0.456 e. The molecule has 3 aromatic heterocycles. The largest absolute Gasteiger partial charge is 0.456 e. The molecule has 0 fully saturated rings. The molecule has 0 amide bonds. The van der Waals surface area contributed by atoms with Gasteiger partial charge in [0.05, 0.1) is 11.2 Å². The average Bonchev–Trinajstić information content (AvgIpc) is 3.66. The standard InChI is InChI=1S/C56H40N4O/c1-33-25-34(2)28-42(27-33)55-58-54(59-56(60-55)43-29-35(3)26-36(4)30-43)41-16-12-15-40(31-41)50-51-44-17-8-10-19-47(44)57-53(39-23-21-38(22-24-39)37-13-6-5-7-14-37)46(51)32-49-52(50)45-18-9-11-20-48(45)61-49/h5-32H,1-4H3. The quantitative estimate of drug-likeness (QED) is 0.157. The Balaban J connectivity index is 1.18. The van der Waals surface area contributed by atoms with Gasteiger partial charge >= 0.3 is 0 Å². The molecule has 0 radical (unpaired) electrons. The zero-order valence-corrected chi connectivity index (χ0v) is 34.4. The van der Waals surface area contributed by atoms with E-state index in [-0.39, 0.29) is 0 Å². The molecule has 5 nitrogen and oxygen atoms in total. The minimum absolute atomic E-state index is 0.611. The molecule has 0 N–H and O–H groups in total. The monoisotopic (exact) mass is 784 g/mol. The number of aromatic nitrogens is 4. The summed E-state index contributed by atoms with van der Waals surface area (Å²) >= 11 is 0. The van der Waals surface area contributed by atoms with E-state index in [0.717, 1.165) is 111 Å². The van der Waals surface area contributed by atoms with Crippen LogP contribution in [0.3, 0.4) is 0 Å². The third-order valence-electron chi connectivity index (χ3n) is 11.6. The second-order valence-electron chi connectivity index (χ2n) is 16.2. The highest BCUT2D eigenvalue weighted by molar-refractivity contribution is 6.27. The predicted molar refractivity (Wildman–Crippen MR) is 251 cm³/mol. The zero-order chi connectivity index (χ0) is 41.2. The lowest BCUT2D eigenvalue weighted by molar-refractivity contribution is 0.669. The Morgan fingerprint density at radius 3 is 1.52 bits per heavy atom. The number of aryl methyl sites for hydroxylation is 4. The Kier molecular flexibility index (Phi) is 8.64. The summed E-state index contributed by atoms with van der Waals surface area (Å²) in [5.41, 5.74) is 16.4. The Morgan fingerprint density at radius 1 is 0.328 bits per heavy atom. The van der Waals surface area contributed by atoms with Crippen LogP contribution in [0.2, 0.25) is 0 Å². The molecule has 0 bridgehead atoms. The van der Waals surface area contributed by atoms with Gasteiger partial charge in [-0.05, 0) is 92.9 Å². The topological polar surface area (TPSA) is 64.7 Å². The van der Waals surface area contributed by atoms with E-state index in [9.17, 15) is 0 Å². The second kappa shape index (κ2) is 14.5. The Morgan fingerprint density at radius 2 is 0.852 bits per heavy atom. The summed E-state index contributed by atoms with van der Waals surface area (Å²) in [7, 11) is 0. The fourth-order valence-corrected chi connectivity index (χ4v) is 9.06. The summed E-state index contributed by atoms with van der Waals surface area (Å²) in [6.07, 6.45) is 0. The third-order valence-corrected chi connectivity index (χ3v) is 11.6. The van der Waals surface area contributed by atoms with E-state index < -0.39 is 0 Å². The molecule has 61 heavy (non-hydrogen) atoms. The number of hydrogen-bond acceptors (Lipinski definition) is 5. The molecule has 0 saturated carbocycles. The fourth-order valence-electron chi connectivity index (χ4n) is 9.06. The van der Waals surface area contributed by atoms with Gasteiger partial charge in [0.1, 0.15) is 11.2 Å². The van der Waals surface area contributed by atoms with Gasteiger partial charge in [-0.2, -0.15) is 0 Å². The minimum atomic E-state index is 0.611. The van der Waals surface area contributed by atoms with E-state index in [1.807, 2.05) is 18.2 Å². The number of hydrogen-bond donors (Lipinski definition) is 0. The maximum absolute atomic E-state index is 6.72. The van der Waals surface area contributed by atoms with E-state index in [1.165, 1.54) is 5.56 Å². The van der Waals surface area contributed by atoms with E-state index >= 15 is 0 Å². The Labute approximate surface area is 354 Å². The van der Waals surface area contributed by atoms with Crippen LogP contribution in [0.4, 0.5) is 0 Å². The lowest BCUT2D eigenvalue weighted by Gasteiger charge is -2.16. The Bertz CT molecular complexity index is 3400. The van der Waals surface area contributed by atoms with Crippen molar-refractivity contribution in [2.75, 3.05) is 0 Å². The molecule has 8 aromatic carbocycles. The molecule has 5 heteroatoms. The Hall–Kier alpha value is -7.76. The second-order valence-corrected chi connectivity index (χ2v) is 16.2. The van der Waals surface area contributed by atoms with Gasteiger partial charge in [-0.15, -0.1) is 0 Å². The van der Waals surface area contributed by atoms with Crippen molar-refractivity contribution in [1.29, 1.82) is 0 Å². The van der Waals surface area contributed by atoms with Crippen LogP contribution in [-0.4, -0.2) is 19.9 Å². The summed E-state index contributed by atoms with van der Waals surface area (Å²) in [4.78, 5) is 20.9. The number of rotatable bonds is 6. The van der Waals surface area contributed by atoms with Crippen molar-refractivity contribution >= 4 is 43.6 Å². The summed E-state index contributed by atoms with van der Waals surface area (Å²) in [6, 6.07) is 59.8. The van der Waals surface area contributed by atoms with Crippen molar-refractivity contribution in [3.05, 3.63) is 192 Å². The molecule has 0 aliphatic rings. The summed E-state index contributed by atoms with van der Waals surface area (Å²) in [5.74, 6) is 1.90. The summed E-state index contributed by atoms with van der Waals surface area (Å²) in [6.45, 7) is 8.45. The predicted octanol–water partition coefficient (Wildman–Crippen LogP) is 14.7. The third kappa shape index (κ3) is 6.52. The highest BCUT2D eigenvalue weighted by Gasteiger charge is 2.23. The van der Waals surface area contributed by atoms with Gasteiger partial charge in [0.15, 0.2) is 17.5 Å². The van der Waals surface area contributed by atoms with Crippen LogP contribution in [0.5, 0.6) is 0 Å². The van der Waals surface area contributed by atoms with Gasteiger partial charge in [-0.25, -0.2) is 19.9 Å². The molecule has 0 atom stereocenters. The average molecular weight is 785 g/mol. The van der Waals surface area contributed by atoms with Crippen LogP contribution >= 0.6 is 0 Å². The fraction of sp³-hybridized carbons (Fsp3) is 0.0714. The number of fused-ring (bicyclic) bond motifs is 6. The van der Waals surface area contributed by atoms with Crippen molar-refractivity contribution in [3.8, 4) is 67.7 Å². The van der Waals surface area contributed by atoms with Gasteiger partial charge in [0, 0.05) is 54.7 Å². The molecule has 0 aliphatic heterocycles. The number of para-hydroxylation sites is 2. The van der Waals surface area contributed by atoms with Crippen molar-refractivity contribution in [2.45, 2.75) is 27.7 Å². The van der Waals surface area contributed by atoms with Crippen LogP contribution in [0.15, 0.2) is 174 Å². The van der Waals surface area contributed by atoms with Gasteiger partial charge < -0.3 is 4.42 Å². The van der Waals surface area contributed by atoms with E-state index in [4.69, 9.17) is 24.4 Å². The lowest BCUT2D eigenvalue weighted by Crippen LogP contribution is -2.01.